The standard InChI is InChI=1S/C13H18N4O4/c18-11(19)7-17-6-9(5-14-17)15-13(20)16-10-3-4-21-12(10)8-1-2-8/h5-6,8,10,12H,1-4,7H2,(H,18,19)(H2,15,16,20). The van der Waals surface area contributed by atoms with E-state index in [1.54, 1.807) is 0 Å². The van der Waals surface area contributed by atoms with Crippen LogP contribution >= 0.6 is 0 Å². The van der Waals surface area contributed by atoms with Gasteiger partial charge in [0.05, 0.1) is 24.0 Å². The summed E-state index contributed by atoms with van der Waals surface area (Å²) < 4.78 is 6.92. The first-order valence-corrected chi connectivity index (χ1v) is 7.05. The number of aliphatic carboxylic acids is 1. The van der Waals surface area contributed by atoms with Crippen LogP contribution in [0.4, 0.5) is 10.5 Å². The predicted octanol–water partition coefficient (Wildman–Crippen LogP) is 0.657. The van der Waals surface area contributed by atoms with Crippen LogP contribution in [0.5, 0.6) is 0 Å². The minimum atomic E-state index is -0.982. The summed E-state index contributed by atoms with van der Waals surface area (Å²) in [5.74, 6) is -0.402. The van der Waals surface area contributed by atoms with Crippen molar-refractivity contribution in [1.82, 2.24) is 15.1 Å². The summed E-state index contributed by atoms with van der Waals surface area (Å²) in [6, 6.07) is -0.266. The van der Waals surface area contributed by atoms with E-state index in [2.05, 4.69) is 15.7 Å². The van der Waals surface area contributed by atoms with Gasteiger partial charge in [0, 0.05) is 12.8 Å². The summed E-state index contributed by atoms with van der Waals surface area (Å²) in [6.07, 6.45) is 6.21. The van der Waals surface area contributed by atoms with Crippen molar-refractivity contribution >= 4 is 17.7 Å². The molecule has 0 spiro atoms. The van der Waals surface area contributed by atoms with Crippen molar-refractivity contribution in [2.45, 2.75) is 38.0 Å². The van der Waals surface area contributed by atoms with Crippen molar-refractivity contribution in [3.8, 4) is 0 Å². The molecule has 8 nitrogen and oxygen atoms in total. The molecule has 1 aromatic rings. The molecular weight excluding hydrogens is 276 g/mol. The number of hydrogen-bond acceptors (Lipinski definition) is 4. The van der Waals surface area contributed by atoms with Gasteiger partial charge in [0.1, 0.15) is 6.54 Å². The largest absolute Gasteiger partial charge is 0.480 e. The maximum Gasteiger partial charge on any atom is 0.325 e. The molecule has 0 bridgehead atoms. The molecule has 8 heteroatoms. The third-order valence-corrected chi connectivity index (χ3v) is 3.73. The monoisotopic (exact) mass is 294 g/mol. The number of nitrogens with zero attached hydrogens (tertiary/aromatic N) is 2. The Morgan fingerprint density at radius 2 is 2.24 bits per heavy atom. The summed E-state index contributed by atoms with van der Waals surface area (Å²) in [5, 5.41) is 18.1. The summed E-state index contributed by atoms with van der Waals surface area (Å²) in [4.78, 5) is 22.5. The van der Waals surface area contributed by atoms with Crippen LogP contribution in [0.2, 0.25) is 0 Å². The number of anilines is 1. The first kappa shape index (κ1) is 13.9. The van der Waals surface area contributed by atoms with Gasteiger partial charge in [-0.2, -0.15) is 5.10 Å². The molecular formula is C13H18N4O4. The van der Waals surface area contributed by atoms with Crippen LogP contribution in [0.3, 0.4) is 0 Å². The fraction of sp³-hybridized carbons (Fsp3) is 0.615. The van der Waals surface area contributed by atoms with Crippen molar-refractivity contribution in [3.63, 3.8) is 0 Å². The van der Waals surface area contributed by atoms with Crippen molar-refractivity contribution < 1.29 is 19.4 Å². The Kier molecular flexibility index (Phi) is 3.78. The highest BCUT2D eigenvalue weighted by Gasteiger charge is 2.41. The minimum absolute atomic E-state index is 0.0477. The molecule has 0 aromatic carbocycles. The van der Waals surface area contributed by atoms with E-state index in [0.29, 0.717) is 18.2 Å². The Morgan fingerprint density at radius 3 is 2.95 bits per heavy atom. The van der Waals surface area contributed by atoms with Crippen molar-refractivity contribution in [2.75, 3.05) is 11.9 Å². The van der Waals surface area contributed by atoms with Gasteiger partial charge in [-0.15, -0.1) is 0 Å². The number of rotatable bonds is 5. The number of carbonyl (C=O) groups excluding carboxylic acids is 1. The molecule has 1 saturated heterocycles. The molecule has 1 aliphatic carbocycles. The van der Waals surface area contributed by atoms with Gasteiger partial charge in [-0.25, -0.2) is 4.79 Å². The number of carbonyl (C=O) groups is 2. The van der Waals surface area contributed by atoms with Gasteiger partial charge in [0.15, 0.2) is 0 Å². The zero-order valence-corrected chi connectivity index (χ0v) is 11.5. The second-order valence-corrected chi connectivity index (χ2v) is 5.49. The molecule has 3 N–H and O–H groups in total. The van der Waals surface area contributed by atoms with E-state index in [9.17, 15) is 9.59 Å². The Labute approximate surface area is 121 Å². The average Bonchev–Trinajstić information content (AvgIpc) is 3.01. The van der Waals surface area contributed by atoms with Gasteiger partial charge in [0.2, 0.25) is 0 Å². The van der Waals surface area contributed by atoms with E-state index < -0.39 is 5.97 Å². The van der Waals surface area contributed by atoms with Crippen LogP contribution in [0.15, 0.2) is 12.4 Å². The van der Waals surface area contributed by atoms with Gasteiger partial charge in [-0.3, -0.25) is 9.48 Å². The molecule has 2 amide bonds. The number of ether oxygens (including phenoxy) is 1. The first-order valence-electron chi connectivity index (χ1n) is 7.05. The minimum Gasteiger partial charge on any atom is -0.480 e. The van der Waals surface area contributed by atoms with Gasteiger partial charge < -0.3 is 20.5 Å². The maximum absolute atomic E-state index is 12.0. The Hall–Kier alpha value is -2.09. The van der Waals surface area contributed by atoms with Gasteiger partial charge >= 0.3 is 12.0 Å². The second kappa shape index (κ2) is 5.72. The smallest absolute Gasteiger partial charge is 0.325 e. The number of carboxylic acid groups (broad SMARTS) is 1. The van der Waals surface area contributed by atoms with Crippen LogP contribution in [-0.4, -0.2) is 45.6 Å². The molecule has 2 atom stereocenters. The first-order chi connectivity index (χ1) is 10.1. The van der Waals surface area contributed by atoms with Crippen LogP contribution in [-0.2, 0) is 16.1 Å². The summed E-state index contributed by atoms with van der Waals surface area (Å²) in [6.45, 7) is 0.451. The molecule has 2 fully saturated rings. The number of aromatic nitrogens is 2. The molecule has 114 valence electrons. The number of carboxylic acids is 1. The molecule has 21 heavy (non-hydrogen) atoms. The number of hydrogen-bond donors (Lipinski definition) is 3. The Morgan fingerprint density at radius 1 is 1.43 bits per heavy atom. The third-order valence-electron chi connectivity index (χ3n) is 3.73. The number of nitrogens with one attached hydrogen (secondary N) is 2. The van der Waals surface area contributed by atoms with Crippen LogP contribution in [0.1, 0.15) is 19.3 Å². The second-order valence-electron chi connectivity index (χ2n) is 5.49. The highest BCUT2D eigenvalue weighted by Crippen LogP contribution is 2.38. The lowest BCUT2D eigenvalue weighted by Crippen LogP contribution is -2.43. The zero-order valence-electron chi connectivity index (χ0n) is 11.5. The highest BCUT2D eigenvalue weighted by atomic mass is 16.5. The van der Waals surface area contributed by atoms with Gasteiger partial charge in [-0.05, 0) is 25.2 Å². The van der Waals surface area contributed by atoms with E-state index in [4.69, 9.17) is 9.84 Å². The molecule has 1 aromatic heterocycles. The fourth-order valence-corrected chi connectivity index (χ4v) is 2.64. The SMILES string of the molecule is O=C(O)Cn1cc(NC(=O)NC2CCOC2C2CC2)cn1. The third kappa shape index (κ3) is 3.52. The van der Waals surface area contributed by atoms with E-state index >= 15 is 0 Å². The maximum atomic E-state index is 12.0. The molecule has 1 aliphatic heterocycles. The van der Waals surface area contributed by atoms with Crippen LogP contribution in [0.25, 0.3) is 0 Å². The molecule has 3 rings (SSSR count). The van der Waals surface area contributed by atoms with Crippen LogP contribution in [0, 0.1) is 5.92 Å². The molecule has 1 saturated carbocycles. The topological polar surface area (TPSA) is 105 Å². The Balaban J connectivity index is 1.51. The summed E-state index contributed by atoms with van der Waals surface area (Å²) in [7, 11) is 0. The normalized spacial score (nSPS) is 24.8. The van der Waals surface area contributed by atoms with Crippen LogP contribution < -0.4 is 10.6 Å². The fourth-order valence-electron chi connectivity index (χ4n) is 2.64. The van der Waals surface area contributed by atoms with Crippen molar-refractivity contribution in [3.05, 3.63) is 12.4 Å². The molecule has 2 heterocycles. The summed E-state index contributed by atoms with van der Waals surface area (Å²) >= 11 is 0. The van der Waals surface area contributed by atoms with E-state index in [0.717, 1.165) is 6.42 Å². The predicted molar refractivity (Wildman–Crippen MR) is 72.9 cm³/mol. The van der Waals surface area contributed by atoms with Crippen molar-refractivity contribution in [2.24, 2.45) is 5.92 Å². The molecule has 0 radical (unpaired) electrons. The lowest BCUT2D eigenvalue weighted by molar-refractivity contribution is -0.137. The van der Waals surface area contributed by atoms with Gasteiger partial charge in [0.25, 0.3) is 0 Å². The van der Waals surface area contributed by atoms with E-state index in [1.807, 2.05) is 0 Å². The molecule has 2 unspecified atom stereocenters. The van der Waals surface area contributed by atoms with Crippen molar-refractivity contribution in [1.29, 1.82) is 0 Å². The van der Waals surface area contributed by atoms with Gasteiger partial charge in [-0.1, -0.05) is 0 Å². The quantitative estimate of drug-likeness (QED) is 0.739. The average molecular weight is 294 g/mol. The zero-order chi connectivity index (χ0) is 14.8. The lowest BCUT2D eigenvalue weighted by atomic mass is 10.1. The lowest BCUT2D eigenvalue weighted by Gasteiger charge is -2.19. The Bertz CT molecular complexity index is 540. The number of amides is 2. The van der Waals surface area contributed by atoms with E-state index in [1.165, 1.54) is 29.9 Å². The van der Waals surface area contributed by atoms with E-state index in [-0.39, 0.29) is 24.7 Å². The highest BCUT2D eigenvalue weighted by molar-refractivity contribution is 5.89. The number of urea groups is 1. The molecule has 2 aliphatic rings. The summed E-state index contributed by atoms with van der Waals surface area (Å²) in [5.41, 5.74) is 0.468.